The third-order valence-electron chi connectivity index (χ3n) is 12.4. The molecule has 0 bridgehead atoms. The molecule has 1 aromatic heterocycles. The fraction of sp³-hybridized carbons (Fsp3) is 0. The van der Waals surface area contributed by atoms with E-state index < -0.39 is 6.04 Å². The Hall–Kier alpha value is -8.00. The van der Waals surface area contributed by atoms with Crippen molar-refractivity contribution < 1.29 is 16.8 Å². The van der Waals surface area contributed by atoms with Crippen LogP contribution in [-0.2, 0) is 0 Å². The molecule has 0 aliphatic heterocycles. The predicted molar refractivity (Wildman–Crippen MR) is 260 cm³/mol. The molecule has 0 saturated heterocycles. The van der Waals surface area contributed by atoms with E-state index in [9.17, 15) is 1.37 Å². The standard InChI is InChI=1S/C60H36O/c1-2-15-37(16-3-1)58-48-23-10-12-25-50(48)59(51-26-13-11-24-49(51)58)54-36-41-33-38(29-31-43(41)45-20-7-9-22-47(45)54)39-30-32-56-55(34-39)60-52(27-14-28-57(60)61-56)53-35-40-17-4-5-18-42(40)44-19-6-8-21-46(44)53/h1-36H/i1D,2D,3D,6D,8D,15D,16D,19D,21D. The van der Waals surface area contributed by atoms with Crippen LogP contribution in [-0.4, -0.2) is 0 Å². The summed E-state index contributed by atoms with van der Waals surface area (Å²) < 4.78 is 85.5. The second kappa shape index (κ2) is 13.3. The third kappa shape index (κ3) is 5.14. The Kier molecular flexibility index (Phi) is 5.69. The summed E-state index contributed by atoms with van der Waals surface area (Å²) in [4.78, 5) is 0. The van der Waals surface area contributed by atoms with Gasteiger partial charge < -0.3 is 4.42 Å². The topological polar surface area (TPSA) is 13.1 Å². The van der Waals surface area contributed by atoms with E-state index >= 15 is 0 Å². The highest BCUT2D eigenvalue weighted by atomic mass is 16.3. The monoisotopic (exact) mass is 781 g/mol. The average molecular weight is 782 g/mol. The number of benzene rings is 12. The lowest BCUT2D eigenvalue weighted by molar-refractivity contribution is 0.669. The van der Waals surface area contributed by atoms with E-state index in [1.54, 1.807) is 0 Å². The van der Waals surface area contributed by atoms with Gasteiger partial charge in [-0.2, -0.15) is 0 Å². The van der Waals surface area contributed by atoms with Gasteiger partial charge in [-0.1, -0.05) is 182 Å². The van der Waals surface area contributed by atoms with Gasteiger partial charge >= 0.3 is 0 Å². The lowest BCUT2D eigenvalue weighted by atomic mass is 9.83. The van der Waals surface area contributed by atoms with Crippen LogP contribution < -0.4 is 0 Å². The molecule has 0 aliphatic carbocycles. The maximum Gasteiger partial charge on any atom is 0.136 e. The zero-order chi connectivity index (χ0) is 47.9. The Morgan fingerprint density at radius 3 is 1.66 bits per heavy atom. The minimum atomic E-state index is -0.427. The van der Waals surface area contributed by atoms with Crippen molar-refractivity contribution in [1.82, 2.24) is 0 Å². The molecule has 1 heteroatoms. The molecule has 0 unspecified atom stereocenters. The molecule has 0 aliphatic rings. The molecule has 61 heavy (non-hydrogen) atoms. The van der Waals surface area contributed by atoms with Crippen LogP contribution in [0.3, 0.4) is 0 Å². The Bertz CT molecular complexity index is 4390. The van der Waals surface area contributed by atoms with Crippen molar-refractivity contribution in [2.24, 2.45) is 0 Å². The quantitative estimate of drug-likeness (QED) is 0.128. The molecule has 13 rings (SSSR count). The van der Waals surface area contributed by atoms with Crippen molar-refractivity contribution in [3.05, 3.63) is 218 Å². The van der Waals surface area contributed by atoms with E-state index in [1.165, 1.54) is 0 Å². The van der Waals surface area contributed by atoms with Crippen molar-refractivity contribution in [2.75, 3.05) is 0 Å². The minimum Gasteiger partial charge on any atom is -0.456 e. The molecule has 1 nitrogen and oxygen atoms in total. The maximum atomic E-state index is 9.17. The molecule has 1 heterocycles. The van der Waals surface area contributed by atoms with E-state index in [-0.39, 0.29) is 53.9 Å². The van der Waals surface area contributed by atoms with Gasteiger partial charge in [0.25, 0.3) is 0 Å². The zero-order valence-electron chi connectivity index (χ0n) is 41.5. The molecular weight excluding hydrogens is 737 g/mol. The lowest BCUT2D eigenvalue weighted by Gasteiger charge is -2.19. The summed E-state index contributed by atoms with van der Waals surface area (Å²) in [6, 6.07) is 52.5. The molecule has 12 aromatic carbocycles. The molecular formula is C60H36O. The fourth-order valence-corrected chi connectivity index (χ4v) is 9.80. The van der Waals surface area contributed by atoms with Crippen LogP contribution in [0, 0.1) is 0 Å². The number of fused-ring (bicyclic) bond motifs is 11. The predicted octanol–water partition coefficient (Wildman–Crippen LogP) is 17.2. The summed E-state index contributed by atoms with van der Waals surface area (Å²) in [6.07, 6.45) is 0. The highest BCUT2D eigenvalue weighted by Crippen LogP contribution is 2.47. The Morgan fingerprint density at radius 1 is 0.295 bits per heavy atom. The van der Waals surface area contributed by atoms with Crippen molar-refractivity contribution in [3.8, 4) is 44.5 Å². The lowest BCUT2D eigenvalue weighted by Crippen LogP contribution is -1.92. The van der Waals surface area contributed by atoms with Gasteiger partial charge in [0.05, 0.1) is 12.3 Å². The number of rotatable bonds is 4. The number of hydrogen-bond donors (Lipinski definition) is 0. The highest BCUT2D eigenvalue weighted by Gasteiger charge is 2.20. The van der Waals surface area contributed by atoms with Gasteiger partial charge in [0.2, 0.25) is 0 Å². The summed E-state index contributed by atoms with van der Waals surface area (Å²) in [5, 5.41) is 11.9. The summed E-state index contributed by atoms with van der Waals surface area (Å²) in [5.41, 5.74) is 7.57. The van der Waals surface area contributed by atoms with Crippen LogP contribution in [0.2, 0.25) is 0 Å². The Morgan fingerprint density at radius 2 is 0.885 bits per heavy atom. The van der Waals surface area contributed by atoms with E-state index in [4.69, 9.17) is 15.4 Å². The van der Waals surface area contributed by atoms with Crippen LogP contribution in [0.4, 0.5) is 0 Å². The van der Waals surface area contributed by atoms with Gasteiger partial charge in [-0.05, 0) is 146 Å². The van der Waals surface area contributed by atoms with Crippen LogP contribution in [0.25, 0.3) is 131 Å². The van der Waals surface area contributed by atoms with Gasteiger partial charge in [0.15, 0.2) is 0 Å². The van der Waals surface area contributed by atoms with Crippen molar-refractivity contribution in [1.29, 1.82) is 0 Å². The van der Waals surface area contributed by atoms with Crippen LogP contribution >= 0.6 is 0 Å². The van der Waals surface area contributed by atoms with E-state index in [0.717, 1.165) is 92.5 Å². The van der Waals surface area contributed by atoms with Crippen LogP contribution in [0.5, 0.6) is 0 Å². The molecule has 0 radical (unpaired) electrons. The maximum absolute atomic E-state index is 9.17. The second-order valence-corrected chi connectivity index (χ2v) is 15.6. The van der Waals surface area contributed by atoms with Gasteiger partial charge in [-0.15, -0.1) is 0 Å². The largest absolute Gasteiger partial charge is 0.456 e. The Labute approximate surface area is 365 Å². The molecule has 0 amide bonds. The van der Waals surface area contributed by atoms with Crippen molar-refractivity contribution in [2.45, 2.75) is 0 Å². The average Bonchev–Trinajstić information content (AvgIpc) is 3.78. The third-order valence-corrected chi connectivity index (χ3v) is 12.4. The van der Waals surface area contributed by atoms with Crippen LogP contribution in [0.1, 0.15) is 12.3 Å². The minimum absolute atomic E-state index is 0.0699. The highest BCUT2D eigenvalue weighted by molar-refractivity contribution is 6.26. The molecule has 0 N–H and O–H groups in total. The van der Waals surface area contributed by atoms with Crippen molar-refractivity contribution >= 4 is 86.6 Å². The Balaban J connectivity index is 1.04. The molecule has 13 aromatic rings. The first kappa shape index (κ1) is 26.2. The fourth-order valence-electron chi connectivity index (χ4n) is 9.80. The first-order chi connectivity index (χ1) is 34.0. The van der Waals surface area contributed by atoms with Gasteiger partial charge in [0.1, 0.15) is 11.2 Å². The summed E-state index contributed by atoms with van der Waals surface area (Å²) >= 11 is 0. The summed E-state index contributed by atoms with van der Waals surface area (Å²) in [7, 11) is 0. The van der Waals surface area contributed by atoms with Gasteiger partial charge in [-0.25, -0.2) is 0 Å². The SMILES string of the molecule is [2H]c1c([2H])c([2H])c(-c2c3ccccc3c(-c3cc4cc(-c5ccc6oc7cccc(-c8cc9ccccc9c9c([2H])c([2H])c([2H])c([2H])c89)c7c6c5)ccc4c4ccccc34)c3ccccc23)c([2H])c1[2H]. The van der Waals surface area contributed by atoms with E-state index in [1.807, 2.05) is 97.1 Å². The van der Waals surface area contributed by atoms with Gasteiger partial charge in [0, 0.05) is 10.8 Å². The normalized spacial score (nSPS) is 14.0. The number of furan rings is 1. The first-order valence-electron chi connectivity index (χ1n) is 24.8. The van der Waals surface area contributed by atoms with Crippen molar-refractivity contribution in [3.63, 3.8) is 0 Å². The smallest absolute Gasteiger partial charge is 0.136 e. The molecule has 0 spiro atoms. The molecule has 0 saturated carbocycles. The van der Waals surface area contributed by atoms with Gasteiger partial charge in [-0.3, -0.25) is 0 Å². The zero-order valence-corrected chi connectivity index (χ0v) is 32.5. The summed E-state index contributed by atoms with van der Waals surface area (Å²) in [5.74, 6) is 0. The molecule has 0 fully saturated rings. The van der Waals surface area contributed by atoms with Crippen LogP contribution in [0.15, 0.2) is 223 Å². The molecule has 282 valence electrons. The van der Waals surface area contributed by atoms with E-state index in [2.05, 4.69) is 66.7 Å². The number of hydrogen-bond acceptors (Lipinski definition) is 1. The summed E-state index contributed by atoms with van der Waals surface area (Å²) in [6.45, 7) is 0. The molecule has 0 atom stereocenters. The van der Waals surface area contributed by atoms with E-state index in [0.29, 0.717) is 33.1 Å². The first-order valence-corrected chi connectivity index (χ1v) is 20.3. The second-order valence-electron chi connectivity index (χ2n) is 15.6.